The molecular weight excluding hydrogens is 317 g/mol. The van der Waals surface area contributed by atoms with E-state index in [9.17, 15) is 4.39 Å². The molecule has 1 nitrogen and oxygen atoms in total. The van der Waals surface area contributed by atoms with Crippen molar-refractivity contribution in [2.24, 2.45) is 0 Å². The van der Waals surface area contributed by atoms with Crippen LogP contribution in [0.4, 0.5) is 4.39 Å². The third kappa shape index (κ3) is 3.47. The Labute approximate surface area is 128 Å². The van der Waals surface area contributed by atoms with Gasteiger partial charge in [-0.3, -0.25) is 0 Å². The summed E-state index contributed by atoms with van der Waals surface area (Å²) in [5.74, 6) is -0.175. The van der Waals surface area contributed by atoms with E-state index in [0.717, 1.165) is 16.5 Å². The summed E-state index contributed by atoms with van der Waals surface area (Å²) in [6.07, 6.45) is 0.847. The summed E-state index contributed by atoms with van der Waals surface area (Å²) in [4.78, 5) is 0. The summed E-state index contributed by atoms with van der Waals surface area (Å²) >= 11 is 3.53. The Morgan fingerprint density at radius 2 is 1.85 bits per heavy atom. The molecule has 0 aromatic heterocycles. The van der Waals surface area contributed by atoms with Gasteiger partial charge < -0.3 is 5.32 Å². The maximum absolute atomic E-state index is 13.2. The Balaban J connectivity index is 2.31. The second kappa shape index (κ2) is 6.51. The monoisotopic (exact) mass is 335 g/mol. The summed E-state index contributed by atoms with van der Waals surface area (Å²) in [6, 6.07) is 11.5. The van der Waals surface area contributed by atoms with Gasteiger partial charge in [0.2, 0.25) is 0 Å². The van der Waals surface area contributed by atoms with Crippen molar-refractivity contribution < 1.29 is 4.39 Å². The molecule has 2 aromatic rings. The van der Waals surface area contributed by atoms with Crippen molar-refractivity contribution in [1.29, 1.82) is 0 Å². The van der Waals surface area contributed by atoms with E-state index in [1.54, 1.807) is 6.07 Å². The van der Waals surface area contributed by atoms with Crippen LogP contribution in [-0.2, 0) is 6.42 Å². The van der Waals surface area contributed by atoms with Crippen LogP contribution >= 0.6 is 15.9 Å². The lowest BCUT2D eigenvalue weighted by Crippen LogP contribution is -2.20. The van der Waals surface area contributed by atoms with Gasteiger partial charge in [-0.05, 0) is 73.8 Å². The molecule has 2 aromatic carbocycles. The van der Waals surface area contributed by atoms with E-state index in [1.807, 2.05) is 20.0 Å². The highest BCUT2D eigenvalue weighted by molar-refractivity contribution is 9.10. The summed E-state index contributed by atoms with van der Waals surface area (Å²) in [5, 5.41) is 3.36. The van der Waals surface area contributed by atoms with Crippen LogP contribution in [0.1, 0.15) is 28.3 Å². The molecule has 2 rings (SSSR count). The minimum absolute atomic E-state index is 0.175. The first-order valence-corrected chi connectivity index (χ1v) is 7.49. The summed E-state index contributed by atoms with van der Waals surface area (Å²) in [7, 11) is 1.96. The predicted octanol–water partition coefficient (Wildman–Crippen LogP) is 4.71. The SMILES string of the molecule is CNC(Cc1ccc(F)cc1C)c1cc(Br)ccc1C. The van der Waals surface area contributed by atoms with Gasteiger partial charge in [0.1, 0.15) is 5.82 Å². The molecule has 0 aliphatic carbocycles. The Hall–Kier alpha value is -1.19. The van der Waals surface area contributed by atoms with Gasteiger partial charge in [-0.15, -0.1) is 0 Å². The second-order valence-electron chi connectivity index (χ2n) is 5.12. The molecule has 0 heterocycles. The zero-order chi connectivity index (χ0) is 14.7. The molecule has 0 fully saturated rings. The molecule has 20 heavy (non-hydrogen) atoms. The molecule has 0 saturated heterocycles. The van der Waals surface area contributed by atoms with Gasteiger partial charge in [0.15, 0.2) is 0 Å². The molecule has 0 radical (unpaired) electrons. The van der Waals surface area contributed by atoms with Gasteiger partial charge in [-0.1, -0.05) is 28.1 Å². The maximum atomic E-state index is 13.2. The van der Waals surface area contributed by atoms with E-state index in [0.29, 0.717) is 0 Å². The largest absolute Gasteiger partial charge is 0.313 e. The molecule has 0 aliphatic rings. The van der Waals surface area contributed by atoms with Crippen molar-refractivity contribution in [3.63, 3.8) is 0 Å². The minimum Gasteiger partial charge on any atom is -0.313 e. The van der Waals surface area contributed by atoms with Crippen LogP contribution in [0.15, 0.2) is 40.9 Å². The van der Waals surface area contributed by atoms with Crippen molar-refractivity contribution in [2.75, 3.05) is 7.05 Å². The summed E-state index contributed by atoms with van der Waals surface area (Å²) in [5.41, 5.74) is 4.70. The van der Waals surface area contributed by atoms with Crippen molar-refractivity contribution in [3.05, 3.63) is 68.9 Å². The van der Waals surface area contributed by atoms with Gasteiger partial charge in [0.25, 0.3) is 0 Å². The molecule has 1 unspecified atom stereocenters. The molecule has 0 spiro atoms. The van der Waals surface area contributed by atoms with Crippen molar-refractivity contribution in [1.82, 2.24) is 5.32 Å². The van der Waals surface area contributed by atoms with E-state index in [2.05, 4.69) is 46.4 Å². The van der Waals surface area contributed by atoms with E-state index >= 15 is 0 Å². The molecule has 3 heteroatoms. The second-order valence-corrected chi connectivity index (χ2v) is 6.03. The first-order chi connectivity index (χ1) is 9.51. The Morgan fingerprint density at radius 1 is 1.10 bits per heavy atom. The van der Waals surface area contributed by atoms with Crippen molar-refractivity contribution in [2.45, 2.75) is 26.3 Å². The van der Waals surface area contributed by atoms with E-state index in [1.165, 1.54) is 22.8 Å². The third-order valence-corrected chi connectivity index (χ3v) is 4.19. The standard InChI is InChI=1S/C17H19BrFN/c1-11-4-6-14(18)10-16(11)17(20-3)9-13-5-7-15(19)8-12(13)2/h4-8,10,17,20H,9H2,1-3H3. The lowest BCUT2D eigenvalue weighted by atomic mass is 9.93. The summed E-state index contributed by atoms with van der Waals surface area (Å²) in [6.45, 7) is 4.07. The molecule has 0 saturated carbocycles. The molecule has 1 N–H and O–H groups in total. The van der Waals surface area contributed by atoms with Crippen LogP contribution in [0.25, 0.3) is 0 Å². The van der Waals surface area contributed by atoms with E-state index in [4.69, 9.17) is 0 Å². The quantitative estimate of drug-likeness (QED) is 0.853. The first kappa shape index (κ1) is 15.2. The van der Waals surface area contributed by atoms with Crippen LogP contribution in [0, 0.1) is 19.7 Å². The average Bonchev–Trinajstić information content (AvgIpc) is 2.41. The van der Waals surface area contributed by atoms with Crippen molar-refractivity contribution >= 4 is 15.9 Å². The first-order valence-electron chi connectivity index (χ1n) is 6.69. The predicted molar refractivity (Wildman–Crippen MR) is 85.5 cm³/mol. The number of aryl methyl sites for hydroxylation is 2. The summed E-state index contributed by atoms with van der Waals surface area (Å²) < 4.78 is 14.3. The average molecular weight is 336 g/mol. The highest BCUT2D eigenvalue weighted by Crippen LogP contribution is 2.26. The van der Waals surface area contributed by atoms with E-state index < -0.39 is 0 Å². The molecule has 106 valence electrons. The number of nitrogens with one attached hydrogen (secondary N) is 1. The Morgan fingerprint density at radius 3 is 2.50 bits per heavy atom. The number of benzene rings is 2. The minimum atomic E-state index is -0.175. The van der Waals surface area contributed by atoms with Gasteiger partial charge in [0, 0.05) is 10.5 Å². The van der Waals surface area contributed by atoms with Gasteiger partial charge in [0.05, 0.1) is 0 Å². The Bertz CT molecular complexity index is 610. The van der Waals surface area contributed by atoms with Gasteiger partial charge in [-0.2, -0.15) is 0 Å². The van der Waals surface area contributed by atoms with Crippen molar-refractivity contribution in [3.8, 4) is 0 Å². The molecule has 0 aliphatic heterocycles. The zero-order valence-corrected chi connectivity index (χ0v) is 13.6. The normalized spacial score (nSPS) is 12.4. The fourth-order valence-corrected chi connectivity index (χ4v) is 2.84. The smallest absolute Gasteiger partial charge is 0.123 e. The molecule has 0 bridgehead atoms. The molecule has 0 amide bonds. The highest BCUT2D eigenvalue weighted by Gasteiger charge is 2.14. The molecular formula is C17H19BrFN. The van der Waals surface area contributed by atoms with Crippen LogP contribution < -0.4 is 5.32 Å². The number of hydrogen-bond donors (Lipinski definition) is 1. The maximum Gasteiger partial charge on any atom is 0.123 e. The fourth-order valence-electron chi connectivity index (χ4n) is 2.46. The van der Waals surface area contributed by atoms with Crippen LogP contribution in [0.5, 0.6) is 0 Å². The fraction of sp³-hybridized carbons (Fsp3) is 0.294. The van der Waals surface area contributed by atoms with Crippen LogP contribution in [0.3, 0.4) is 0 Å². The Kier molecular flexibility index (Phi) is 4.95. The number of halogens is 2. The van der Waals surface area contributed by atoms with Crippen LogP contribution in [-0.4, -0.2) is 7.05 Å². The highest BCUT2D eigenvalue weighted by atomic mass is 79.9. The molecule has 1 atom stereocenters. The van der Waals surface area contributed by atoms with E-state index in [-0.39, 0.29) is 11.9 Å². The number of likely N-dealkylation sites (N-methyl/N-ethyl adjacent to an activating group) is 1. The van der Waals surface area contributed by atoms with Crippen LogP contribution in [0.2, 0.25) is 0 Å². The lowest BCUT2D eigenvalue weighted by molar-refractivity contribution is 0.584. The lowest BCUT2D eigenvalue weighted by Gasteiger charge is -2.20. The van der Waals surface area contributed by atoms with Gasteiger partial charge >= 0.3 is 0 Å². The topological polar surface area (TPSA) is 12.0 Å². The third-order valence-electron chi connectivity index (χ3n) is 3.69. The zero-order valence-electron chi connectivity index (χ0n) is 12.0. The number of hydrogen-bond acceptors (Lipinski definition) is 1. The van der Waals surface area contributed by atoms with Gasteiger partial charge in [-0.25, -0.2) is 4.39 Å². The number of rotatable bonds is 4.